The van der Waals surface area contributed by atoms with Gasteiger partial charge in [-0.05, 0) is 73.9 Å². The summed E-state index contributed by atoms with van der Waals surface area (Å²) in [6.45, 7) is 6.24. The molecular formula is C26H23ClN2O3. The van der Waals surface area contributed by atoms with Crippen LogP contribution in [-0.2, 0) is 9.59 Å². The number of amides is 2. The zero-order valence-electron chi connectivity index (χ0n) is 18.1. The molecule has 32 heavy (non-hydrogen) atoms. The number of carbonyl (C=O) groups excluding carboxylic acids is 2. The molecule has 1 heterocycles. The lowest BCUT2D eigenvalue weighted by atomic mass is 10.0. The fourth-order valence-corrected chi connectivity index (χ4v) is 3.96. The van der Waals surface area contributed by atoms with Gasteiger partial charge in [-0.2, -0.15) is 0 Å². The number of hydrogen-bond acceptors (Lipinski definition) is 4. The summed E-state index contributed by atoms with van der Waals surface area (Å²) < 4.78 is 5.70. The first-order valence-electron chi connectivity index (χ1n) is 10.3. The normalized spacial score (nSPS) is 13.7. The van der Waals surface area contributed by atoms with Gasteiger partial charge in [0, 0.05) is 5.02 Å². The quantitative estimate of drug-likeness (QED) is 0.489. The van der Waals surface area contributed by atoms with Crippen molar-refractivity contribution in [3.8, 4) is 5.75 Å². The Hall–Kier alpha value is -3.57. The van der Waals surface area contributed by atoms with Crippen LogP contribution in [0.25, 0.3) is 5.57 Å². The Balaban J connectivity index is 1.84. The van der Waals surface area contributed by atoms with Gasteiger partial charge in [-0.15, -0.1) is 0 Å². The lowest BCUT2D eigenvalue weighted by Gasteiger charge is -2.17. The Morgan fingerprint density at radius 1 is 0.906 bits per heavy atom. The van der Waals surface area contributed by atoms with Crippen molar-refractivity contribution in [2.45, 2.75) is 20.8 Å². The van der Waals surface area contributed by atoms with E-state index in [4.69, 9.17) is 16.3 Å². The number of imide groups is 1. The molecule has 3 aromatic carbocycles. The molecule has 0 aromatic heterocycles. The molecule has 1 aliphatic rings. The first kappa shape index (κ1) is 21.7. The second kappa shape index (κ2) is 8.89. The summed E-state index contributed by atoms with van der Waals surface area (Å²) >= 11 is 6.05. The number of nitrogens with zero attached hydrogens (tertiary/aromatic N) is 1. The van der Waals surface area contributed by atoms with Crippen molar-refractivity contribution in [2.75, 3.05) is 16.8 Å². The van der Waals surface area contributed by atoms with Crippen LogP contribution >= 0.6 is 11.6 Å². The summed E-state index contributed by atoms with van der Waals surface area (Å²) in [5.41, 5.74) is 4.18. The Morgan fingerprint density at radius 3 is 2.22 bits per heavy atom. The Labute approximate surface area is 192 Å². The van der Waals surface area contributed by atoms with Crippen LogP contribution in [0.15, 0.2) is 72.4 Å². The van der Waals surface area contributed by atoms with Crippen LogP contribution in [0.4, 0.5) is 11.4 Å². The molecule has 3 aromatic rings. The van der Waals surface area contributed by atoms with E-state index in [1.54, 1.807) is 24.3 Å². The van der Waals surface area contributed by atoms with Crippen LogP contribution < -0.4 is 15.0 Å². The number of benzene rings is 3. The Morgan fingerprint density at radius 2 is 1.56 bits per heavy atom. The number of anilines is 2. The van der Waals surface area contributed by atoms with Gasteiger partial charge in [0.2, 0.25) is 0 Å². The number of carbonyl (C=O) groups is 2. The number of halogens is 1. The van der Waals surface area contributed by atoms with Crippen molar-refractivity contribution in [1.29, 1.82) is 0 Å². The maximum absolute atomic E-state index is 13.6. The lowest BCUT2D eigenvalue weighted by molar-refractivity contribution is -0.120. The topological polar surface area (TPSA) is 58.6 Å². The molecule has 0 radical (unpaired) electrons. The van der Waals surface area contributed by atoms with Crippen molar-refractivity contribution >= 4 is 40.4 Å². The molecule has 0 saturated carbocycles. The minimum absolute atomic E-state index is 0.198. The smallest absolute Gasteiger partial charge is 0.282 e. The molecule has 162 valence electrons. The van der Waals surface area contributed by atoms with E-state index >= 15 is 0 Å². The van der Waals surface area contributed by atoms with E-state index in [0.717, 1.165) is 11.1 Å². The summed E-state index contributed by atoms with van der Waals surface area (Å²) in [5.74, 6) is -0.210. The minimum Gasteiger partial charge on any atom is -0.492 e. The second-order valence-corrected chi connectivity index (χ2v) is 8.04. The first-order chi connectivity index (χ1) is 15.4. The van der Waals surface area contributed by atoms with Crippen LogP contribution in [0.2, 0.25) is 5.02 Å². The average molecular weight is 447 g/mol. The molecular weight excluding hydrogens is 424 g/mol. The van der Waals surface area contributed by atoms with Crippen molar-refractivity contribution in [1.82, 2.24) is 0 Å². The number of ether oxygens (including phenoxy) is 1. The zero-order valence-corrected chi connectivity index (χ0v) is 18.9. The van der Waals surface area contributed by atoms with Crippen molar-refractivity contribution in [2.24, 2.45) is 0 Å². The third kappa shape index (κ3) is 4.12. The van der Waals surface area contributed by atoms with Crippen LogP contribution in [0.1, 0.15) is 23.6 Å². The van der Waals surface area contributed by atoms with Crippen molar-refractivity contribution in [3.63, 3.8) is 0 Å². The molecule has 0 unspecified atom stereocenters. The van der Waals surface area contributed by atoms with Gasteiger partial charge in [-0.3, -0.25) is 9.59 Å². The van der Waals surface area contributed by atoms with Gasteiger partial charge < -0.3 is 10.1 Å². The molecule has 0 saturated heterocycles. The average Bonchev–Trinajstić information content (AvgIpc) is 2.99. The molecule has 0 fully saturated rings. The van der Waals surface area contributed by atoms with E-state index in [0.29, 0.717) is 34.3 Å². The highest BCUT2D eigenvalue weighted by Gasteiger charge is 2.40. The van der Waals surface area contributed by atoms with Crippen LogP contribution in [0, 0.1) is 13.8 Å². The lowest BCUT2D eigenvalue weighted by Crippen LogP contribution is -2.32. The molecule has 4 rings (SSSR count). The molecule has 0 aliphatic carbocycles. The molecule has 0 bridgehead atoms. The maximum Gasteiger partial charge on any atom is 0.282 e. The van der Waals surface area contributed by atoms with E-state index in [1.165, 1.54) is 4.90 Å². The number of hydrogen-bond donors (Lipinski definition) is 1. The van der Waals surface area contributed by atoms with Gasteiger partial charge in [0.25, 0.3) is 11.8 Å². The summed E-state index contributed by atoms with van der Waals surface area (Å²) in [7, 11) is 0. The number of aryl methyl sites for hydroxylation is 2. The van der Waals surface area contributed by atoms with Crippen molar-refractivity contribution < 1.29 is 14.3 Å². The van der Waals surface area contributed by atoms with Gasteiger partial charge in [0.15, 0.2) is 0 Å². The molecule has 1 N–H and O–H groups in total. The molecule has 5 nitrogen and oxygen atoms in total. The van der Waals surface area contributed by atoms with Crippen LogP contribution in [-0.4, -0.2) is 18.4 Å². The largest absolute Gasteiger partial charge is 0.492 e. The van der Waals surface area contributed by atoms with Crippen LogP contribution in [0.5, 0.6) is 5.75 Å². The van der Waals surface area contributed by atoms with E-state index in [9.17, 15) is 9.59 Å². The molecule has 1 aliphatic heterocycles. The third-order valence-corrected chi connectivity index (χ3v) is 5.38. The van der Waals surface area contributed by atoms with Gasteiger partial charge in [-0.25, -0.2) is 4.90 Å². The fraction of sp³-hybridized carbons (Fsp3) is 0.154. The fourth-order valence-electron chi connectivity index (χ4n) is 3.83. The van der Waals surface area contributed by atoms with E-state index in [2.05, 4.69) is 5.32 Å². The van der Waals surface area contributed by atoms with Gasteiger partial charge in [0.05, 0.1) is 23.6 Å². The molecule has 0 spiro atoms. The Kier molecular flexibility index (Phi) is 6.01. The summed E-state index contributed by atoms with van der Waals surface area (Å²) in [5, 5.41) is 3.73. The van der Waals surface area contributed by atoms with E-state index in [-0.39, 0.29) is 11.3 Å². The van der Waals surface area contributed by atoms with Gasteiger partial charge in [-0.1, -0.05) is 41.9 Å². The standard InChI is InChI=1S/C26H23ClN2O3/c1-4-32-22-8-6-5-7-21(22)28-24-23(18-9-11-19(27)12-10-18)25(30)29(26(24)31)20-14-16(2)13-17(3)15-20/h5-15,28H,4H2,1-3H3. The third-order valence-electron chi connectivity index (χ3n) is 5.13. The molecule has 2 amide bonds. The maximum atomic E-state index is 13.6. The van der Waals surface area contributed by atoms with E-state index in [1.807, 2.05) is 63.2 Å². The highest BCUT2D eigenvalue weighted by molar-refractivity contribution is 6.46. The number of nitrogens with one attached hydrogen (secondary N) is 1. The Bertz CT molecular complexity index is 1210. The van der Waals surface area contributed by atoms with Gasteiger partial charge >= 0.3 is 0 Å². The predicted octanol–water partition coefficient (Wildman–Crippen LogP) is 5.75. The second-order valence-electron chi connectivity index (χ2n) is 7.60. The SMILES string of the molecule is CCOc1ccccc1NC1=C(c2ccc(Cl)cc2)C(=O)N(c2cc(C)cc(C)c2)C1=O. The minimum atomic E-state index is -0.420. The number of para-hydroxylation sites is 2. The van der Waals surface area contributed by atoms with Gasteiger partial charge in [0.1, 0.15) is 11.4 Å². The highest BCUT2D eigenvalue weighted by Crippen LogP contribution is 2.36. The van der Waals surface area contributed by atoms with Crippen molar-refractivity contribution in [3.05, 3.63) is 94.1 Å². The highest BCUT2D eigenvalue weighted by atomic mass is 35.5. The molecule has 6 heteroatoms. The molecule has 0 atom stereocenters. The van der Waals surface area contributed by atoms with Crippen LogP contribution in [0.3, 0.4) is 0 Å². The monoisotopic (exact) mass is 446 g/mol. The zero-order chi connectivity index (χ0) is 22.8. The predicted molar refractivity (Wildman–Crippen MR) is 128 cm³/mol. The summed E-state index contributed by atoms with van der Waals surface area (Å²) in [6, 6.07) is 19.9. The first-order valence-corrected chi connectivity index (χ1v) is 10.7. The summed E-state index contributed by atoms with van der Waals surface area (Å²) in [4.78, 5) is 28.4. The number of rotatable bonds is 6. The van der Waals surface area contributed by atoms with E-state index < -0.39 is 11.8 Å². The summed E-state index contributed by atoms with van der Waals surface area (Å²) in [6.07, 6.45) is 0.